The fraction of sp³-hybridized carbons (Fsp3) is 0.280. The predicted molar refractivity (Wildman–Crippen MR) is 125 cm³/mol. The summed E-state index contributed by atoms with van der Waals surface area (Å²) in [7, 11) is 3.82. The van der Waals surface area contributed by atoms with Gasteiger partial charge in [0.05, 0.1) is 5.69 Å². The molecule has 7 nitrogen and oxygen atoms in total. The number of benzene rings is 2. The first-order chi connectivity index (χ1) is 15.4. The molecule has 0 bridgehead atoms. The van der Waals surface area contributed by atoms with Crippen LogP contribution in [0, 0.1) is 0 Å². The second-order valence-electron chi connectivity index (χ2n) is 8.26. The molecule has 0 aliphatic carbocycles. The lowest BCUT2D eigenvalue weighted by Gasteiger charge is -2.33. The number of primary amides is 1. The van der Waals surface area contributed by atoms with Gasteiger partial charge in [0.2, 0.25) is 11.9 Å². The standard InChI is InChI=1S/C25H27N5O2/c1-29(2)25-27-15-21(17-10-12-18(13-11-17)23(26)31)22(28-25)20-9-6-14-30(16-20)24(32)19-7-4-3-5-8-19/h3-5,7-8,10-13,15,20H,6,9,14,16H2,1-2H3,(H2,26,31). The van der Waals surface area contributed by atoms with E-state index < -0.39 is 5.91 Å². The van der Waals surface area contributed by atoms with Crippen LogP contribution in [-0.4, -0.2) is 53.9 Å². The van der Waals surface area contributed by atoms with E-state index in [2.05, 4.69) is 4.98 Å². The van der Waals surface area contributed by atoms with Crippen LogP contribution in [0.1, 0.15) is 45.2 Å². The minimum Gasteiger partial charge on any atom is -0.366 e. The highest BCUT2D eigenvalue weighted by atomic mass is 16.2. The molecular weight excluding hydrogens is 402 g/mol. The molecule has 32 heavy (non-hydrogen) atoms. The van der Waals surface area contributed by atoms with Gasteiger partial charge in [-0.05, 0) is 42.7 Å². The summed E-state index contributed by atoms with van der Waals surface area (Å²) in [6.45, 7) is 1.34. The lowest BCUT2D eigenvalue weighted by molar-refractivity contribution is 0.0706. The Morgan fingerprint density at radius 1 is 1.03 bits per heavy atom. The number of rotatable bonds is 5. The molecule has 1 fully saturated rings. The van der Waals surface area contributed by atoms with Crippen molar-refractivity contribution < 1.29 is 9.59 Å². The second-order valence-corrected chi connectivity index (χ2v) is 8.26. The SMILES string of the molecule is CN(C)c1ncc(-c2ccc(C(N)=O)cc2)c(C2CCCN(C(=O)c3ccccc3)C2)n1. The monoisotopic (exact) mass is 429 g/mol. The molecular formula is C25H27N5O2. The summed E-state index contributed by atoms with van der Waals surface area (Å²) in [4.78, 5) is 37.7. The van der Waals surface area contributed by atoms with Crippen LogP contribution >= 0.6 is 0 Å². The van der Waals surface area contributed by atoms with Crippen LogP contribution in [0.4, 0.5) is 5.95 Å². The summed E-state index contributed by atoms with van der Waals surface area (Å²) in [6, 6.07) is 16.6. The molecule has 0 radical (unpaired) electrons. The third-order valence-corrected chi connectivity index (χ3v) is 5.80. The summed E-state index contributed by atoms with van der Waals surface area (Å²) in [5.41, 5.74) is 9.29. The number of nitrogens with two attached hydrogens (primary N) is 1. The van der Waals surface area contributed by atoms with Crippen molar-refractivity contribution in [3.05, 3.63) is 77.6 Å². The summed E-state index contributed by atoms with van der Waals surface area (Å²) in [6.07, 6.45) is 3.67. The zero-order valence-corrected chi connectivity index (χ0v) is 18.4. The molecule has 2 aromatic carbocycles. The van der Waals surface area contributed by atoms with Gasteiger partial charge in [-0.25, -0.2) is 9.97 Å². The molecule has 2 heterocycles. The Hall–Kier alpha value is -3.74. The normalized spacial score (nSPS) is 15.9. The van der Waals surface area contributed by atoms with Crippen molar-refractivity contribution in [3.8, 4) is 11.1 Å². The van der Waals surface area contributed by atoms with Crippen LogP contribution in [-0.2, 0) is 0 Å². The van der Waals surface area contributed by atoms with Crippen LogP contribution < -0.4 is 10.6 Å². The molecule has 2 amide bonds. The number of likely N-dealkylation sites (tertiary alicyclic amines) is 1. The largest absolute Gasteiger partial charge is 0.366 e. The first-order valence-electron chi connectivity index (χ1n) is 10.7. The molecule has 1 atom stereocenters. The molecule has 0 saturated carbocycles. The van der Waals surface area contributed by atoms with Crippen molar-refractivity contribution in [1.82, 2.24) is 14.9 Å². The number of hydrogen-bond acceptors (Lipinski definition) is 5. The Labute approximate surface area is 187 Å². The average molecular weight is 430 g/mol. The highest BCUT2D eigenvalue weighted by molar-refractivity contribution is 5.94. The molecule has 2 N–H and O–H groups in total. The quantitative estimate of drug-likeness (QED) is 0.672. The van der Waals surface area contributed by atoms with Crippen LogP contribution in [0.5, 0.6) is 0 Å². The van der Waals surface area contributed by atoms with E-state index in [1.54, 1.807) is 12.1 Å². The van der Waals surface area contributed by atoms with Gasteiger partial charge in [-0.2, -0.15) is 0 Å². The summed E-state index contributed by atoms with van der Waals surface area (Å²) >= 11 is 0. The average Bonchev–Trinajstić information content (AvgIpc) is 2.84. The zero-order chi connectivity index (χ0) is 22.7. The molecule has 3 aromatic rings. The Morgan fingerprint density at radius 3 is 2.41 bits per heavy atom. The second kappa shape index (κ2) is 9.18. The number of amides is 2. The van der Waals surface area contributed by atoms with Gasteiger partial charge in [-0.1, -0.05) is 30.3 Å². The summed E-state index contributed by atoms with van der Waals surface area (Å²) in [5, 5.41) is 0. The topological polar surface area (TPSA) is 92.4 Å². The molecule has 4 rings (SSSR count). The Morgan fingerprint density at radius 2 is 1.75 bits per heavy atom. The van der Waals surface area contributed by atoms with E-state index in [1.165, 1.54) is 0 Å². The fourth-order valence-electron chi connectivity index (χ4n) is 4.10. The van der Waals surface area contributed by atoms with E-state index in [-0.39, 0.29) is 11.8 Å². The van der Waals surface area contributed by atoms with E-state index in [0.29, 0.717) is 23.6 Å². The maximum Gasteiger partial charge on any atom is 0.253 e. The van der Waals surface area contributed by atoms with Gasteiger partial charge in [-0.3, -0.25) is 9.59 Å². The molecule has 1 aliphatic rings. The van der Waals surface area contributed by atoms with Crippen molar-refractivity contribution in [2.45, 2.75) is 18.8 Å². The number of piperidine rings is 1. The summed E-state index contributed by atoms with van der Waals surface area (Å²) in [5.74, 6) is 0.302. The summed E-state index contributed by atoms with van der Waals surface area (Å²) < 4.78 is 0. The minimum atomic E-state index is -0.460. The van der Waals surface area contributed by atoms with Gasteiger partial charge in [-0.15, -0.1) is 0 Å². The Balaban J connectivity index is 1.68. The molecule has 1 aliphatic heterocycles. The van der Waals surface area contributed by atoms with Crippen molar-refractivity contribution >= 4 is 17.8 Å². The van der Waals surface area contributed by atoms with Crippen molar-refractivity contribution in [2.75, 3.05) is 32.1 Å². The van der Waals surface area contributed by atoms with Crippen LogP contribution in [0.3, 0.4) is 0 Å². The van der Waals surface area contributed by atoms with Gasteiger partial charge < -0.3 is 15.5 Å². The van der Waals surface area contributed by atoms with E-state index in [9.17, 15) is 9.59 Å². The highest BCUT2D eigenvalue weighted by Crippen LogP contribution is 2.34. The molecule has 1 saturated heterocycles. The third kappa shape index (κ3) is 4.46. The first kappa shape index (κ1) is 21.5. The van der Waals surface area contributed by atoms with Gasteiger partial charge in [0.15, 0.2) is 0 Å². The number of carbonyl (C=O) groups excluding carboxylic acids is 2. The van der Waals surface area contributed by atoms with Gasteiger partial charge >= 0.3 is 0 Å². The van der Waals surface area contributed by atoms with Crippen molar-refractivity contribution in [2.24, 2.45) is 5.73 Å². The van der Waals surface area contributed by atoms with Gasteiger partial charge in [0, 0.05) is 56.0 Å². The lowest BCUT2D eigenvalue weighted by Crippen LogP contribution is -2.39. The maximum absolute atomic E-state index is 13.0. The van der Waals surface area contributed by atoms with E-state index in [0.717, 1.165) is 36.2 Å². The molecule has 7 heteroatoms. The van der Waals surface area contributed by atoms with Crippen LogP contribution in [0.15, 0.2) is 60.8 Å². The Bertz CT molecular complexity index is 1110. The van der Waals surface area contributed by atoms with E-state index in [1.807, 2.05) is 72.6 Å². The molecule has 0 spiro atoms. The van der Waals surface area contributed by atoms with E-state index >= 15 is 0 Å². The minimum absolute atomic E-state index is 0.0459. The molecule has 1 aromatic heterocycles. The zero-order valence-electron chi connectivity index (χ0n) is 18.4. The number of hydrogen-bond donors (Lipinski definition) is 1. The number of anilines is 1. The maximum atomic E-state index is 13.0. The van der Waals surface area contributed by atoms with Crippen LogP contribution in [0.25, 0.3) is 11.1 Å². The first-order valence-corrected chi connectivity index (χ1v) is 10.7. The van der Waals surface area contributed by atoms with Crippen molar-refractivity contribution in [1.29, 1.82) is 0 Å². The third-order valence-electron chi connectivity index (χ3n) is 5.80. The van der Waals surface area contributed by atoms with Gasteiger partial charge in [0.25, 0.3) is 5.91 Å². The fourth-order valence-corrected chi connectivity index (χ4v) is 4.10. The number of nitrogens with zero attached hydrogens (tertiary/aromatic N) is 4. The number of aromatic nitrogens is 2. The molecule has 1 unspecified atom stereocenters. The van der Waals surface area contributed by atoms with Crippen molar-refractivity contribution in [3.63, 3.8) is 0 Å². The van der Waals surface area contributed by atoms with Gasteiger partial charge in [0.1, 0.15) is 0 Å². The highest BCUT2D eigenvalue weighted by Gasteiger charge is 2.29. The van der Waals surface area contributed by atoms with Crippen LogP contribution in [0.2, 0.25) is 0 Å². The number of carbonyl (C=O) groups is 2. The predicted octanol–water partition coefficient (Wildman–Crippen LogP) is 3.33. The molecule has 164 valence electrons. The lowest BCUT2D eigenvalue weighted by atomic mass is 9.89. The van der Waals surface area contributed by atoms with E-state index in [4.69, 9.17) is 10.7 Å². The Kier molecular flexibility index (Phi) is 6.16. The smallest absolute Gasteiger partial charge is 0.253 e.